The number of benzene rings is 1. The molecule has 0 bridgehead atoms. The van der Waals surface area contributed by atoms with Gasteiger partial charge in [0.05, 0.1) is 0 Å². The summed E-state index contributed by atoms with van der Waals surface area (Å²) in [7, 11) is 0. The number of hydrogen-bond acceptors (Lipinski definition) is 0. The highest BCUT2D eigenvalue weighted by molar-refractivity contribution is 5.39. The first-order valence-electron chi connectivity index (χ1n) is 6.81. The van der Waals surface area contributed by atoms with Gasteiger partial charge in [0, 0.05) is 5.56 Å². The van der Waals surface area contributed by atoms with Crippen molar-refractivity contribution in [2.75, 3.05) is 0 Å². The highest BCUT2D eigenvalue weighted by Gasteiger charge is 2.04. The van der Waals surface area contributed by atoms with E-state index in [1.54, 1.807) is 0 Å². The van der Waals surface area contributed by atoms with Gasteiger partial charge in [0.1, 0.15) is 0 Å². The van der Waals surface area contributed by atoms with Gasteiger partial charge in [-0.15, -0.1) is 6.42 Å². The van der Waals surface area contributed by atoms with E-state index in [0.717, 1.165) is 17.9 Å². The Bertz CT molecular complexity index is 428. The Morgan fingerprint density at radius 2 is 2.00 bits per heavy atom. The Morgan fingerprint density at radius 3 is 2.67 bits per heavy atom. The Labute approximate surface area is 112 Å². The molecule has 0 saturated heterocycles. The monoisotopic (exact) mass is 240 g/mol. The van der Waals surface area contributed by atoms with Gasteiger partial charge in [-0.25, -0.2) is 0 Å². The molecule has 96 valence electrons. The molecule has 0 heterocycles. The molecule has 0 aromatic heterocycles. The third-order valence-electron chi connectivity index (χ3n) is 3.29. The van der Waals surface area contributed by atoms with Crippen LogP contribution in [0.4, 0.5) is 0 Å². The SMILES string of the molecule is C#Cc1ccccc1CC[C@@H](C)CCC=C(C)C. The van der Waals surface area contributed by atoms with E-state index in [4.69, 9.17) is 6.42 Å². The third-order valence-corrected chi connectivity index (χ3v) is 3.29. The molecule has 0 aliphatic carbocycles. The molecule has 18 heavy (non-hydrogen) atoms. The van der Waals surface area contributed by atoms with Gasteiger partial charge in [-0.05, 0) is 57.1 Å². The Balaban J connectivity index is 2.41. The molecule has 0 radical (unpaired) electrons. The van der Waals surface area contributed by atoms with Gasteiger partial charge in [-0.2, -0.15) is 0 Å². The van der Waals surface area contributed by atoms with Gasteiger partial charge < -0.3 is 0 Å². The second-order valence-corrected chi connectivity index (χ2v) is 5.30. The van der Waals surface area contributed by atoms with Crippen LogP contribution in [-0.4, -0.2) is 0 Å². The fourth-order valence-corrected chi connectivity index (χ4v) is 2.08. The number of hydrogen-bond donors (Lipinski definition) is 0. The van der Waals surface area contributed by atoms with Crippen molar-refractivity contribution < 1.29 is 0 Å². The fourth-order valence-electron chi connectivity index (χ4n) is 2.08. The lowest BCUT2D eigenvalue weighted by atomic mass is 9.94. The molecule has 0 aliphatic heterocycles. The van der Waals surface area contributed by atoms with Crippen LogP contribution in [0, 0.1) is 18.3 Å². The van der Waals surface area contributed by atoms with Crippen molar-refractivity contribution in [2.24, 2.45) is 5.92 Å². The second-order valence-electron chi connectivity index (χ2n) is 5.30. The van der Waals surface area contributed by atoms with Crippen molar-refractivity contribution >= 4 is 0 Å². The van der Waals surface area contributed by atoms with Crippen LogP contribution in [0.25, 0.3) is 0 Å². The molecule has 1 aromatic carbocycles. The molecular weight excluding hydrogens is 216 g/mol. The number of rotatable bonds is 6. The number of aryl methyl sites for hydroxylation is 1. The van der Waals surface area contributed by atoms with Crippen molar-refractivity contribution in [3.8, 4) is 12.3 Å². The van der Waals surface area contributed by atoms with Gasteiger partial charge in [-0.1, -0.05) is 42.7 Å². The Morgan fingerprint density at radius 1 is 1.28 bits per heavy atom. The van der Waals surface area contributed by atoms with Crippen LogP contribution in [0.3, 0.4) is 0 Å². The molecule has 1 aromatic rings. The van der Waals surface area contributed by atoms with Crippen LogP contribution in [0.2, 0.25) is 0 Å². The van der Waals surface area contributed by atoms with Crippen molar-refractivity contribution in [2.45, 2.75) is 46.5 Å². The summed E-state index contributed by atoms with van der Waals surface area (Å²) in [6.45, 7) is 6.65. The maximum absolute atomic E-state index is 5.51. The third kappa shape index (κ3) is 5.23. The van der Waals surface area contributed by atoms with Gasteiger partial charge in [0.25, 0.3) is 0 Å². The van der Waals surface area contributed by atoms with Crippen LogP contribution in [0.5, 0.6) is 0 Å². The summed E-state index contributed by atoms with van der Waals surface area (Å²) in [6.07, 6.45) is 12.6. The average molecular weight is 240 g/mol. The number of terminal acetylenes is 1. The van der Waals surface area contributed by atoms with Gasteiger partial charge >= 0.3 is 0 Å². The van der Waals surface area contributed by atoms with E-state index in [1.165, 1.54) is 30.4 Å². The summed E-state index contributed by atoms with van der Waals surface area (Å²) >= 11 is 0. The van der Waals surface area contributed by atoms with Gasteiger partial charge in [0.15, 0.2) is 0 Å². The maximum Gasteiger partial charge on any atom is 0.0274 e. The summed E-state index contributed by atoms with van der Waals surface area (Å²) in [4.78, 5) is 0. The van der Waals surface area contributed by atoms with E-state index in [2.05, 4.69) is 44.9 Å². The minimum absolute atomic E-state index is 0.756. The lowest BCUT2D eigenvalue weighted by molar-refractivity contribution is 0.496. The molecular formula is C18H24. The Hall–Kier alpha value is -1.48. The van der Waals surface area contributed by atoms with Crippen molar-refractivity contribution in [3.63, 3.8) is 0 Å². The van der Waals surface area contributed by atoms with Crippen molar-refractivity contribution in [1.29, 1.82) is 0 Å². The van der Waals surface area contributed by atoms with Crippen LogP contribution >= 0.6 is 0 Å². The molecule has 0 nitrogen and oxygen atoms in total. The maximum atomic E-state index is 5.51. The molecule has 1 rings (SSSR count). The highest BCUT2D eigenvalue weighted by atomic mass is 14.1. The predicted molar refractivity (Wildman–Crippen MR) is 80.5 cm³/mol. The number of allylic oxidation sites excluding steroid dienone is 2. The minimum Gasteiger partial charge on any atom is -0.115 e. The van der Waals surface area contributed by atoms with Gasteiger partial charge in [-0.3, -0.25) is 0 Å². The van der Waals surface area contributed by atoms with Crippen molar-refractivity contribution in [3.05, 3.63) is 47.0 Å². The zero-order valence-electron chi connectivity index (χ0n) is 11.9. The lowest BCUT2D eigenvalue weighted by Crippen LogP contribution is -1.98. The molecule has 0 saturated carbocycles. The van der Waals surface area contributed by atoms with Crippen molar-refractivity contribution in [1.82, 2.24) is 0 Å². The first-order chi connectivity index (χ1) is 8.63. The molecule has 0 N–H and O–H groups in total. The van der Waals surface area contributed by atoms with Crippen LogP contribution in [0.1, 0.15) is 51.2 Å². The predicted octanol–water partition coefficient (Wildman–Crippen LogP) is 4.98. The van der Waals surface area contributed by atoms with E-state index >= 15 is 0 Å². The summed E-state index contributed by atoms with van der Waals surface area (Å²) in [5.74, 6) is 3.52. The second kappa shape index (κ2) is 7.77. The molecule has 0 spiro atoms. The normalized spacial score (nSPS) is 11.7. The molecule has 0 unspecified atom stereocenters. The summed E-state index contributed by atoms with van der Waals surface area (Å²) in [5.41, 5.74) is 3.78. The highest BCUT2D eigenvalue weighted by Crippen LogP contribution is 2.17. The largest absolute Gasteiger partial charge is 0.115 e. The standard InChI is InChI=1S/C18H24/c1-5-17-11-6-7-12-18(17)14-13-16(4)10-8-9-15(2)3/h1,6-7,9,11-12,16H,8,10,13-14H2,2-4H3/t16-/m0/s1. The smallest absolute Gasteiger partial charge is 0.0274 e. The topological polar surface area (TPSA) is 0 Å². The quantitative estimate of drug-likeness (QED) is 0.486. The Kier molecular flexibility index (Phi) is 6.29. The van der Waals surface area contributed by atoms with E-state index in [-0.39, 0.29) is 0 Å². The molecule has 0 heteroatoms. The molecule has 0 amide bonds. The summed E-state index contributed by atoms with van der Waals surface area (Å²) in [5, 5.41) is 0. The lowest BCUT2D eigenvalue weighted by Gasteiger charge is -2.11. The molecule has 1 atom stereocenters. The summed E-state index contributed by atoms with van der Waals surface area (Å²) in [6, 6.07) is 8.27. The molecule has 0 aliphatic rings. The van der Waals surface area contributed by atoms with Crippen LogP contribution < -0.4 is 0 Å². The van der Waals surface area contributed by atoms with E-state index in [0.29, 0.717) is 0 Å². The van der Waals surface area contributed by atoms with Gasteiger partial charge in [0.2, 0.25) is 0 Å². The summed E-state index contributed by atoms with van der Waals surface area (Å²) < 4.78 is 0. The van der Waals surface area contributed by atoms with E-state index < -0.39 is 0 Å². The molecule has 0 fully saturated rings. The fraction of sp³-hybridized carbons (Fsp3) is 0.444. The van der Waals surface area contributed by atoms with E-state index in [9.17, 15) is 0 Å². The first kappa shape index (κ1) is 14.6. The zero-order chi connectivity index (χ0) is 13.4. The minimum atomic E-state index is 0.756. The zero-order valence-corrected chi connectivity index (χ0v) is 11.9. The van der Waals surface area contributed by atoms with E-state index in [1.807, 2.05) is 12.1 Å². The van der Waals surface area contributed by atoms with Crippen LogP contribution in [-0.2, 0) is 6.42 Å². The van der Waals surface area contributed by atoms with Crippen LogP contribution in [0.15, 0.2) is 35.9 Å². The average Bonchev–Trinajstić information content (AvgIpc) is 2.36. The first-order valence-corrected chi connectivity index (χ1v) is 6.81.